The lowest BCUT2D eigenvalue weighted by molar-refractivity contribution is -0.156. The summed E-state index contributed by atoms with van der Waals surface area (Å²) in [5.41, 5.74) is 1.41. The molecule has 0 aromatic heterocycles. The van der Waals surface area contributed by atoms with Crippen molar-refractivity contribution >= 4 is 17.6 Å². The second-order valence-corrected chi connectivity index (χ2v) is 5.55. The Morgan fingerprint density at radius 3 is 2.62 bits per heavy atom. The van der Waals surface area contributed by atoms with Crippen molar-refractivity contribution < 1.29 is 23.8 Å². The van der Waals surface area contributed by atoms with Crippen molar-refractivity contribution in [2.75, 3.05) is 18.5 Å². The molecule has 0 radical (unpaired) electrons. The van der Waals surface area contributed by atoms with Gasteiger partial charge in [-0.1, -0.05) is 24.3 Å². The van der Waals surface area contributed by atoms with Gasteiger partial charge in [-0.15, -0.1) is 0 Å². The van der Waals surface area contributed by atoms with Crippen molar-refractivity contribution in [3.05, 3.63) is 54.1 Å². The van der Waals surface area contributed by atoms with Crippen molar-refractivity contribution in [3.63, 3.8) is 0 Å². The van der Waals surface area contributed by atoms with Crippen LogP contribution >= 0.6 is 0 Å². The van der Waals surface area contributed by atoms with Gasteiger partial charge in [-0.3, -0.25) is 4.79 Å². The fourth-order valence-corrected chi connectivity index (χ4v) is 2.36. The second-order valence-electron chi connectivity index (χ2n) is 5.55. The van der Waals surface area contributed by atoms with E-state index in [4.69, 9.17) is 19.5 Å². The first-order chi connectivity index (χ1) is 12.7. The maximum atomic E-state index is 12.0. The SMILES string of the molecule is N#CCc1ccc(NC(=O)COC(=O)[C@H]2COc3ccccc3O2)cc1. The number of benzene rings is 2. The Bertz CT molecular complexity index is 842. The van der Waals surface area contributed by atoms with Gasteiger partial charge in [-0.25, -0.2) is 4.79 Å². The first-order valence-electron chi connectivity index (χ1n) is 7.96. The number of hydrogen-bond acceptors (Lipinski definition) is 6. The van der Waals surface area contributed by atoms with E-state index in [9.17, 15) is 9.59 Å². The molecule has 0 bridgehead atoms. The predicted octanol–water partition coefficient (Wildman–Crippen LogP) is 2.07. The minimum Gasteiger partial charge on any atom is -0.485 e. The van der Waals surface area contributed by atoms with E-state index in [1.54, 1.807) is 48.5 Å². The van der Waals surface area contributed by atoms with Gasteiger partial charge in [0, 0.05) is 5.69 Å². The van der Waals surface area contributed by atoms with Crippen LogP contribution in [-0.2, 0) is 20.7 Å². The highest BCUT2D eigenvalue weighted by atomic mass is 16.6. The second kappa shape index (κ2) is 8.03. The molecular weight excluding hydrogens is 336 g/mol. The van der Waals surface area contributed by atoms with Crippen molar-refractivity contribution in [2.24, 2.45) is 0 Å². The summed E-state index contributed by atoms with van der Waals surface area (Å²) in [6, 6.07) is 15.9. The van der Waals surface area contributed by atoms with Gasteiger partial charge < -0.3 is 19.5 Å². The average Bonchev–Trinajstić information content (AvgIpc) is 2.67. The highest BCUT2D eigenvalue weighted by molar-refractivity contribution is 5.93. The van der Waals surface area contributed by atoms with Crippen molar-refractivity contribution in [3.8, 4) is 17.6 Å². The standard InChI is InChI=1S/C19H16N2O5/c20-10-9-13-5-7-14(8-6-13)21-18(22)12-25-19(23)17-11-24-15-3-1-2-4-16(15)26-17/h1-8,17H,9,11-12H2,(H,21,22)/t17-/m1/s1. The van der Waals surface area contributed by atoms with Crippen LogP contribution in [0.15, 0.2) is 48.5 Å². The summed E-state index contributed by atoms with van der Waals surface area (Å²) in [5, 5.41) is 11.2. The number of ether oxygens (including phenoxy) is 3. The van der Waals surface area contributed by atoms with E-state index in [-0.39, 0.29) is 6.61 Å². The third-order valence-corrected chi connectivity index (χ3v) is 3.64. The minimum absolute atomic E-state index is 0.0256. The van der Waals surface area contributed by atoms with Gasteiger partial charge in [0.25, 0.3) is 5.91 Å². The van der Waals surface area contributed by atoms with Gasteiger partial charge in [0.1, 0.15) is 6.61 Å². The molecule has 1 N–H and O–H groups in total. The number of para-hydroxylation sites is 2. The quantitative estimate of drug-likeness (QED) is 0.828. The van der Waals surface area contributed by atoms with Gasteiger partial charge >= 0.3 is 5.97 Å². The summed E-state index contributed by atoms with van der Waals surface area (Å²) in [7, 11) is 0. The number of carbonyl (C=O) groups excluding carboxylic acids is 2. The van der Waals surface area contributed by atoms with E-state index < -0.39 is 24.6 Å². The number of fused-ring (bicyclic) bond motifs is 1. The molecule has 2 aromatic rings. The smallest absolute Gasteiger partial charge is 0.351 e. The summed E-state index contributed by atoms with van der Waals surface area (Å²) < 4.78 is 16.0. The molecule has 0 aliphatic carbocycles. The summed E-state index contributed by atoms with van der Waals surface area (Å²) in [5.74, 6) is -0.112. The fourth-order valence-electron chi connectivity index (χ4n) is 2.36. The van der Waals surface area contributed by atoms with Gasteiger partial charge in [0.05, 0.1) is 12.5 Å². The third-order valence-electron chi connectivity index (χ3n) is 3.64. The van der Waals surface area contributed by atoms with Crippen LogP contribution < -0.4 is 14.8 Å². The number of hydrogen-bond donors (Lipinski definition) is 1. The Morgan fingerprint density at radius 1 is 1.15 bits per heavy atom. The normalized spacial score (nSPS) is 14.8. The van der Waals surface area contributed by atoms with Crippen LogP contribution in [0.25, 0.3) is 0 Å². The van der Waals surface area contributed by atoms with Crippen LogP contribution in [0.2, 0.25) is 0 Å². The van der Waals surface area contributed by atoms with E-state index in [0.29, 0.717) is 23.6 Å². The number of amides is 1. The largest absolute Gasteiger partial charge is 0.485 e. The topological polar surface area (TPSA) is 97.7 Å². The monoisotopic (exact) mass is 352 g/mol. The van der Waals surface area contributed by atoms with Crippen LogP contribution in [0.1, 0.15) is 5.56 Å². The molecule has 7 nitrogen and oxygen atoms in total. The zero-order valence-electron chi connectivity index (χ0n) is 13.8. The Morgan fingerprint density at radius 2 is 1.88 bits per heavy atom. The average molecular weight is 352 g/mol. The number of nitriles is 1. The molecule has 1 aliphatic rings. The molecular formula is C19H16N2O5. The van der Waals surface area contributed by atoms with E-state index in [1.807, 2.05) is 6.07 Å². The van der Waals surface area contributed by atoms with Gasteiger partial charge in [0.15, 0.2) is 18.1 Å². The number of carbonyl (C=O) groups is 2. The molecule has 1 heterocycles. The summed E-state index contributed by atoms with van der Waals surface area (Å²) in [6.45, 7) is -0.405. The molecule has 0 unspecified atom stereocenters. The molecule has 2 aromatic carbocycles. The van der Waals surface area contributed by atoms with Crippen LogP contribution in [0, 0.1) is 11.3 Å². The minimum atomic E-state index is -0.914. The summed E-state index contributed by atoms with van der Waals surface area (Å²) >= 11 is 0. The van der Waals surface area contributed by atoms with Crippen molar-refractivity contribution in [2.45, 2.75) is 12.5 Å². The molecule has 1 aliphatic heterocycles. The molecule has 0 saturated heterocycles. The Labute approximate surface area is 150 Å². The molecule has 0 fully saturated rings. The first kappa shape index (κ1) is 17.3. The molecule has 1 atom stereocenters. The summed E-state index contributed by atoms with van der Waals surface area (Å²) in [6.07, 6.45) is -0.610. The molecule has 26 heavy (non-hydrogen) atoms. The van der Waals surface area contributed by atoms with Crippen LogP contribution in [0.4, 0.5) is 5.69 Å². The zero-order valence-corrected chi connectivity index (χ0v) is 13.8. The maximum absolute atomic E-state index is 12.0. The van der Waals surface area contributed by atoms with E-state index >= 15 is 0 Å². The number of nitrogens with one attached hydrogen (secondary N) is 1. The Kier molecular flexibility index (Phi) is 5.34. The number of anilines is 1. The zero-order chi connectivity index (χ0) is 18.4. The van der Waals surface area contributed by atoms with E-state index in [2.05, 4.69) is 5.32 Å². The van der Waals surface area contributed by atoms with Crippen LogP contribution in [0.3, 0.4) is 0 Å². The number of nitrogens with zero attached hydrogens (tertiary/aromatic N) is 1. The van der Waals surface area contributed by atoms with E-state index in [1.165, 1.54) is 0 Å². The maximum Gasteiger partial charge on any atom is 0.351 e. The fraction of sp³-hybridized carbons (Fsp3) is 0.211. The van der Waals surface area contributed by atoms with Gasteiger partial charge in [-0.2, -0.15) is 5.26 Å². The molecule has 0 spiro atoms. The molecule has 3 rings (SSSR count). The highest BCUT2D eigenvalue weighted by Crippen LogP contribution is 2.31. The van der Waals surface area contributed by atoms with Crippen LogP contribution in [-0.4, -0.2) is 31.2 Å². The number of esters is 1. The highest BCUT2D eigenvalue weighted by Gasteiger charge is 2.29. The molecule has 1 amide bonds. The van der Waals surface area contributed by atoms with E-state index in [0.717, 1.165) is 5.56 Å². The summed E-state index contributed by atoms with van der Waals surface area (Å²) in [4.78, 5) is 23.9. The first-order valence-corrected chi connectivity index (χ1v) is 7.96. The Balaban J connectivity index is 1.47. The lowest BCUT2D eigenvalue weighted by Crippen LogP contribution is -2.39. The van der Waals surface area contributed by atoms with Gasteiger partial charge in [-0.05, 0) is 29.8 Å². The lowest BCUT2D eigenvalue weighted by Gasteiger charge is -2.24. The number of rotatable bonds is 5. The molecule has 132 valence electrons. The Hall–Kier alpha value is -3.53. The van der Waals surface area contributed by atoms with Gasteiger partial charge in [0.2, 0.25) is 6.10 Å². The lowest BCUT2D eigenvalue weighted by atomic mass is 10.1. The van der Waals surface area contributed by atoms with Crippen molar-refractivity contribution in [1.82, 2.24) is 0 Å². The van der Waals surface area contributed by atoms with Crippen molar-refractivity contribution in [1.29, 1.82) is 5.26 Å². The molecule has 0 saturated carbocycles. The third kappa shape index (κ3) is 4.30. The predicted molar refractivity (Wildman–Crippen MR) is 91.7 cm³/mol. The molecule has 7 heteroatoms. The van der Waals surface area contributed by atoms with Crippen LogP contribution in [0.5, 0.6) is 11.5 Å².